The van der Waals surface area contributed by atoms with Crippen LogP contribution in [0.5, 0.6) is 5.88 Å². The lowest BCUT2D eigenvalue weighted by Crippen LogP contribution is -2.13. The molecular formula is C7H7FN2O2. The molecule has 1 rings (SSSR count). The fourth-order valence-electron chi connectivity index (χ4n) is 0.766. The summed E-state index contributed by atoms with van der Waals surface area (Å²) in [6.07, 6.45) is 0.950. The second kappa shape index (κ2) is 3.17. The third-order valence-corrected chi connectivity index (χ3v) is 1.28. The first-order valence-corrected chi connectivity index (χ1v) is 3.14. The normalized spacial score (nSPS) is 9.50. The number of halogens is 1. The molecule has 0 spiro atoms. The number of rotatable bonds is 2. The molecule has 0 radical (unpaired) electrons. The Labute approximate surface area is 68.2 Å². The predicted octanol–water partition coefficient (Wildman–Crippen LogP) is 0.328. The molecule has 2 N–H and O–H groups in total. The van der Waals surface area contributed by atoms with Gasteiger partial charge < -0.3 is 10.5 Å². The second-order valence-electron chi connectivity index (χ2n) is 2.07. The Kier molecular flexibility index (Phi) is 2.23. The van der Waals surface area contributed by atoms with Gasteiger partial charge in [0.2, 0.25) is 5.88 Å². The van der Waals surface area contributed by atoms with E-state index in [1.54, 1.807) is 0 Å². The van der Waals surface area contributed by atoms with Crippen molar-refractivity contribution >= 4 is 5.91 Å². The largest absolute Gasteiger partial charge is 0.480 e. The van der Waals surface area contributed by atoms with E-state index in [-0.39, 0.29) is 11.4 Å². The lowest BCUT2D eigenvalue weighted by molar-refractivity contribution is 0.0996. The zero-order chi connectivity index (χ0) is 9.14. The number of methoxy groups -OCH3 is 1. The zero-order valence-corrected chi connectivity index (χ0v) is 6.37. The number of carbonyl (C=O) groups excluding carboxylic acids is 1. The molecule has 0 aliphatic carbocycles. The third kappa shape index (κ3) is 1.50. The second-order valence-corrected chi connectivity index (χ2v) is 2.07. The topological polar surface area (TPSA) is 65.2 Å². The highest BCUT2D eigenvalue weighted by Crippen LogP contribution is 2.14. The molecule has 1 heterocycles. The quantitative estimate of drug-likeness (QED) is 0.695. The van der Waals surface area contributed by atoms with Gasteiger partial charge >= 0.3 is 0 Å². The van der Waals surface area contributed by atoms with Crippen molar-refractivity contribution in [1.29, 1.82) is 0 Å². The van der Waals surface area contributed by atoms with Crippen LogP contribution in [0.1, 0.15) is 10.4 Å². The average Bonchev–Trinajstić information content (AvgIpc) is 2.04. The monoisotopic (exact) mass is 170 g/mol. The van der Waals surface area contributed by atoms with Gasteiger partial charge in [-0.05, 0) is 6.07 Å². The van der Waals surface area contributed by atoms with Gasteiger partial charge in [0.1, 0.15) is 11.4 Å². The van der Waals surface area contributed by atoms with Crippen LogP contribution >= 0.6 is 0 Å². The number of aromatic nitrogens is 1. The summed E-state index contributed by atoms with van der Waals surface area (Å²) in [5, 5.41) is 0. The van der Waals surface area contributed by atoms with Crippen LogP contribution in [-0.2, 0) is 0 Å². The Balaban J connectivity index is 3.21. The van der Waals surface area contributed by atoms with Gasteiger partial charge in [-0.1, -0.05) is 0 Å². The highest BCUT2D eigenvalue weighted by molar-refractivity contribution is 5.94. The molecule has 1 aromatic heterocycles. The Morgan fingerprint density at radius 1 is 1.75 bits per heavy atom. The highest BCUT2D eigenvalue weighted by atomic mass is 19.1. The minimum absolute atomic E-state index is 0.0314. The maximum Gasteiger partial charge on any atom is 0.254 e. The summed E-state index contributed by atoms with van der Waals surface area (Å²) in [6.45, 7) is 0. The number of ether oxygens (including phenoxy) is 1. The summed E-state index contributed by atoms with van der Waals surface area (Å²) in [6, 6.07) is 0.980. The van der Waals surface area contributed by atoms with Crippen molar-refractivity contribution in [3.05, 3.63) is 23.6 Å². The van der Waals surface area contributed by atoms with Crippen LogP contribution in [0, 0.1) is 5.82 Å². The van der Waals surface area contributed by atoms with Crippen LogP contribution in [0.15, 0.2) is 12.3 Å². The first-order valence-electron chi connectivity index (χ1n) is 3.14. The summed E-state index contributed by atoms with van der Waals surface area (Å²) >= 11 is 0. The van der Waals surface area contributed by atoms with Gasteiger partial charge in [-0.15, -0.1) is 0 Å². The van der Waals surface area contributed by atoms with Crippen LogP contribution in [0.25, 0.3) is 0 Å². The number of nitrogens with zero attached hydrogens (tertiary/aromatic N) is 1. The van der Waals surface area contributed by atoms with Gasteiger partial charge in [-0.25, -0.2) is 9.37 Å². The van der Waals surface area contributed by atoms with E-state index in [4.69, 9.17) is 5.73 Å². The van der Waals surface area contributed by atoms with Crippen molar-refractivity contribution in [3.8, 4) is 5.88 Å². The van der Waals surface area contributed by atoms with Gasteiger partial charge in [0.25, 0.3) is 5.91 Å². The Morgan fingerprint density at radius 3 is 2.92 bits per heavy atom. The zero-order valence-electron chi connectivity index (χ0n) is 6.37. The number of pyridine rings is 1. The Bertz CT molecular complexity index is 314. The highest BCUT2D eigenvalue weighted by Gasteiger charge is 2.10. The molecule has 0 aliphatic heterocycles. The molecular weight excluding hydrogens is 163 g/mol. The molecule has 1 amide bonds. The summed E-state index contributed by atoms with van der Waals surface area (Å²) in [5.41, 5.74) is 4.88. The van der Waals surface area contributed by atoms with Gasteiger partial charge in [-0.3, -0.25) is 4.79 Å². The fraction of sp³-hybridized carbons (Fsp3) is 0.143. The van der Waals surface area contributed by atoms with E-state index in [2.05, 4.69) is 9.72 Å². The van der Waals surface area contributed by atoms with Crippen molar-refractivity contribution in [2.24, 2.45) is 5.73 Å². The fourth-order valence-corrected chi connectivity index (χ4v) is 0.766. The number of nitrogens with two attached hydrogens (primary N) is 1. The van der Waals surface area contributed by atoms with E-state index in [0.717, 1.165) is 12.3 Å². The molecule has 64 valence electrons. The van der Waals surface area contributed by atoms with E-state index in [9.17, 15) is 9.18 Å². The van der Waals surface area contributed by atoms with Crippen LogP contribution < -0.4 is 10.5 Å². The molecule has 12 heavy (non-hydrogen) atoms. The standard InChI is InChI=1S/C7H7FN2O2/c1-12-7-5(6(9)11)2-4(8)3-10-7/h2-3H,1H3,(H2,9,11). The van der Waals surface area contributed by atoms with Gasteiger partial charge in [-0.2, -0.15) is 0 Å². The average molecular weight is 170 g/mol. The molecule has 0 unspecified atom stereocenters. The summed E-state index contributed by atoms with van der Waals surface area (Å²) in [4.78, 5) is 14.2. The van der Waals surface area contributed by atoms with Gasteiger partial charge in [0, 0.05) is 0 Å². The molecule has 0 aliphatic rings. The molecule has 0 fully saturated rings. The molecule has 0 saturated carbocycles. The SMILES string of the molecule is COc1ncc(F)cc1C(N)=O. The smallest absolute Gasteiger partial charge is 0.254 e. The van der Waals surface area contributed by atoms with Crippen molar-refractivity contribution in [2.75, 3.05) is 7.11 Å². The summed E-state index contributed by atoms with van der Waals surface area (Å²) in [5.74, 6) is -1.35. The summed E-state index contributed by atoms with van der Waals surface area (Å²) < 4.78 is 17.2. The van der Waals surface area contributed by atoms with Crippen LogP contribution in [0.2, 0.25) is 0 Å². The number of hydrogen-bond donors (Lipinski definition) is 1. The predicted molar refractivity (Wildman–Crippen MR) is 39.3 cm³/mol. The summed E-state index contributed by atoms with van der Waals surface area (Å²) in [7, 11) is 1.33. The minimum atomic E-state index is -0.765. The van der Waals surface area contributed by atoms with Crippen LogP contribution in [-0.4, -0.2) is 18.0 Å². The maximum atomic E-state index is 12.5. The molecule has 0 atom stereocenters. The number of primary amides is 1. The molecule has 4 nitrogen and oxygen atoms in total. The number of hydrogen-bond acceptors (Lipinski definition) is 3. The first kappa shape index (κ1) is 8.45. The van der Waals surface area contributed by atoms with Crippen molar-refractivity contribution < 1.29 is 13.9 Å². The van der Waals surface area contributed by atoms with E-state index in [1.807, 2.05) is 0 Å². The van der Waals surface area contributed by atoms with E-state index < -0.39 is 11.7 Å². The maximum absolute atomic E-state index is 12.5. The van der Waals surface area contributed by atoms with Crippen molar-refractivity contribution in [1.82, 2.24) is 4.98 Å². The molecule has 0 saturated heterocycles. The van der Waals surface area contributed by atoms with Crippen molar-refractivity contribution in [3.63, 3.8) is 0 Å². The van der Waals surface area contributed by atoms with E-state index in [0.29, 0.717) is 0 Å². The molecule has 0 aromatic carbocycles. The molecule has 0 bridgehead atoms. The molecule has 5 heteroatoms. The van der Waals surface area contributed by atoms with E-state index >= 15 is 0 Å². The third-order valence-electron chi connectivity index (χ3n) is 1.28. The van der Waals surface area contributed by atoms with Gasteiger partial charge in [0.15, 0.2) is 0 Å². The molecule has 1 aromatic rings. The Hall–Kier alpha value is -1.65. The van der Waals surface area contributed by atoms with Crippen molar-refractivity contribution in [2.45, 2.75) is 0 Å². The number of carbonyl (C=O) groups is 1. The van der Waals surface area contributed by atoms with E-state index in [1.165, 1.54) is 7.11 Å². The first-order chi connectivity index (χ1) is 5.65. The van der Waals surface area contributed by atoms with Crippen LogP contribution in [0.4, 0.5) is 4.39 Å². The lowest BCUT2D eigenvalue weighted by Gasteiger charge is -2.02. The lowest BCUT2D eigenvalue weighted by atomic mass is 10.2. The van der Waals surface area contributed by atoms with Gasteiger partial charge in [0.05, 0.1) is 13.3 Å². The minimum Gasteiger partial charge on any atom is -0.480 e. The number of amides is 1. The Morgan fingerprint density at radius 2 is 2.42 bits per heavy atom. The van der Waals surface area contributed by atoms with Crippen LogP contribution in [0.3, 0.4) is 0 Å².